The number of aromatic nitrogens is 2. The average molecular weight is 276 g/mol. The van der Waals surface area contributed by atoms with Crippen LogP contribution in [0.1, 0.15) is 31.7 Å². The van der Waals surface area contributed by atoms with Crippen LogP contribution in [0, 0.1) is 18.3 Å². The molecule has 112 valence electrons. The number of piperidine rings is 1. The molecule has 1 atom stereocenters. The first kappa shape index (κ1) is 14.1. The largest absolute Gasteiger partial charge is 0.316 e. The highest BCUT2D eigenvalue weighted by Gasteiger charge is 2.32. The summed E-state index contributed by atoms with van der Waals surface area (Å²) in [7, 11) is 0. The maximum Gasteiger partial charge on any atom is 0.0518 e. The SMILES string of the molecule is Cc1cnn(CC2CCN(CC3(C)CCNC3)CC2)c1. The van der Waals surface area contributed by atoms with Crippen molar-refractivity contribution in [1.82, 2.24) is 20.0 Å². The molecule has 0 spiro atoms. The third-order valence-corrected chi connectivity index (χ3v) is 4.98. The Bertz CT molecular complexity index is 425. The van der Waals surface area contributed by atoms with E-state index in [0.717, 1.165) is 12.5 Å². The second kappa shape index (κ2) is 5.86. The number of rotatable bonds is 4. The van der Waals surface area contributed by atoms with Gasteiger partial charge >= 0.3 is 0 Å². The van der Waals surface area contributed by atoms with E-state index in [9.17, 15) is 0 Å². The van der Waals surface area contributed by atoms with Gasteiger partial charge in [-0.3, -0.25) is 4.68 Å². The normalized spacial score (nSPS) is 29.1. The highest BCUT2D eigenvalue weighted by molar-refractivity contribution is 4.99. The van der Waals surface area contributed by atoms with E-state index in [1.54, 1.807) is 0 Å². The Morgan fingerprint density at radius 3 is 2.80 bits per heavy atom. The monoisotopic (exact) mass is 276 g/mol. The number of hydrogen-bond acceptors (Lipinski definition) is 3. The molecule has 1 aromatic heterocycles. The van der Waals surface area contributed by atoms with Crippen molar-refractivity contribution in [2.75, 3.05) is 32.7 Å². The van der Waals surface area contributed by atoms with Crippen molar-refractivity contribution in [2.24, 2.45) is 11.3 Å². The van der Waals surface area contributed by atoms with Crippen LogP contribution < -0.4 is 5.32 Å². The third-order valence-electron chi connectivity index (χ3n) is 4.98. The van der Waals surface area contributed by atoms with E-state index < -0.39 is 0 Å². The Morgan fingerprint density at radius 1 is 1.40 bits per heavy atom. The van der Waals surface area contributed by atoms with Crippen molar-refractivity contribution < 1.29 is 0 Å². The highest BCUT2D eigenvalue weighted by Crippen LogP contribution is 2.28. The molecule has 0 radical (unpaired) electrons. The smallest absolute Gasteiger partial charge is 0.0518 e. The molecule has 2 saturated heterocycles. The van der Waals surface area contributed by atoms with Gasteiger partial charge < -0.3 is 10.2 Å². The zero-order chi connectivity index (χ0) is 14.0. The average Bonchev–Trinajstić information content (AvgIpc) is 3.01. The lowest BCUT2D eigenvalue weighted by Gasteiger charge is -2.37. The van der Waals surface area contributed by atoms with Gasteiger partial charge in [0, 0.05) is 25.8 Å². The predicted octanol–water partition coefficient (Wildman–Crippen LogP) is 1.90. The van der Waals surface area contributed by atoms with Crippen molar-refractivity contribution in [1.29, 1.82) is 0 Å². The summed E-state index contributed by atoms with van der Waals surface area (Å²) in [5.74, 6) is 0.806. The van der Waals surface area contributed by atoms with Crippen molar-refractivity contribution in [3.8, 4) is 0 Å². The summed E-state index contributed by atoms with van der Waals surface area (Å²) in [6.07, 6.45) is 8.10. The molecule has 2 fully saturated rings. The van der Waals surface area contributed by atoms with Gasteiger partial charge in [0.2, 0.25) is 0 Å². The summed E-state index contributed by atoms with van der Waals surface area (Å²) in [5, 5.41) is 7.93. The third kappa shape index (κ3) is 3.41. The van der Waals surface area contributed by atoms with Crippen molar-refractivity contribution >= 4 is 0 Å². The lowest BCUT2D eigenvalue weighted by Crippen LogP contribution is -2.42. The summed E-state index contributed by atoms with van der Waals surface area (Å²) >= 11 is 0. The van der Waals surface area contributed by atoms with E-state index in [4.69, 9.17) is 0 Å². The molecule has 20 heavy (non-hydrogen) atoms. The van der Waals surface area contributed by atoms with Gasteiger partial charge in [-0.1, -0.05) is 6.92 Å². The summed E-state index contributed by atoms with van der Waals surface area (Å²) in [6.45, 7) is 11.8. The zero-order valence-electron chi connectivity index (χ0n) is 12.9. The van der Waals surface area contributed by atoms with Gasteiger partial charge in [0.15, 0.2) is 0 Å². The Hall–Kier alpha value is -0.870. The van der Waals surface area contributed by atoms with Crippen LogP contribution in [-0.2, 0) is 6.54 Å². The predicted molar refractivity (Wildman–Crippen MR) is 81.7 cm³/mol. The summed E-state index contributed by atoms with van der Waals surface area (Å²) in [5.41, 5.74) is 1.77. The van der Waals surface area contributed by atoms with Crippen LogP contribution in [0.3, 0.4) is 0 Å². The fraction of sp³-hybridized carbons (Fsp3) is 0.812. The van der Waals surface area contributed by atoms with Crippen LogP contribution in [0.5, 0.6) is 0 Å². The van der Waals surface area contributed by atoms with Gasteiger partial charge in [-0.25, -0.2) is 0 Å². The van der Waals surface area contributed by atoms with Crippen molar-refractivity contribution in [3.63, 3.8) is 0 Å². The van der Waals surface area contributed by atoms with Crippen LogP contribution in [0.15, 0.2) is 12.4 Å². The lowest BCUT2D eigenvalue weighted by molar-refractivity contribution is 0.121. The molecular formula is C16H28N4. The molecule has 4 nitrogen and oxygen atoms in total. The van der Waals surface area contributed by atoms with E-state index in [1.165, 1.54) is 57.5 Å². The van der Waals surface area contributed by atoms with Gasteiger partial charge in [0.25, 0.3) is 0 Å². The quantitative estimate of drug-likeness (QED) is 0.912. The zero-order valence-corrected chi connectivity index (χ0v) is 12.9. The molecule has 0 bridgehead atoms. The van der Waals surface area contributed by atoms with Crippen LogP contribution >= 0.6 is 0 Å². The number of nitrogens with one attached hydrogen (secondary N) is 1. The summed E-state index contributed by atoms with van der Waals surface area (Å²) in [4.78, 5) is 2.68. The van der Waals surface area contributed by atoms with Crippen molar-refractivity contribution in [3.05, 3.63) is 18.0 Å². The molecule has 0 saturated carbocycles. The maximum atomic E-state index is 4.42. The molecule has 1 unspecified atom stereocenters. The fourth-order valence-corrected chi connectivity index (χ4v) is 3.70. The molecule has 0 aliphatic carbocycles. The molecule has 1 aromatic rings. The van der Waals surface area contributed by atoms with E-state index in [1.807, 2.05) is 6.20 Å². The fourth-order valence-electron chi connectivity index (χ4n) is 3.70. The second-order valence-electron chi connectivity index (χ2n) is 7.20. The topological polar surface area (TPSA) is 33.1 Å². The van der Waals surface area contributed by atoms with Crippen LogP contribution in [0.4, 0.5) is 0 Å². The van der Waals surface area contributed by atoms with E-state index in [0.29, 0.717) is 5.41 Å². The van der Waals surface area contributed by atoms with Gasteiger partial charge in [-0.15, -0.1) is 0 Å². The Labute approximate surface area is 122 Å². The number of nitrogens with zero attached hydrogens (tertiary/aromatic N) is 3. The molecule has 2 aliphatic rings. The second-order valence-corrected chi connectivity index (χ2v) is 7.20. The first-order valence-electron chi connectivity index (χ1n) is 8.05. The summed E-state index contributed by atoms with van der Waals surface area (Å²) in [6, 6.07) is 0. The Balaban J connectivity index is 1.45. The molecule has 0 amide bonds. The van der Waals surface area contributed by atoms with Crippen LogP contribution in [-0.4, -0.2) is 47.4 Å². The standard InChI is InChI=1S/C16H28N4/c1-14-9-18-20(10-14)11-15-3-7-19(8-4-15)13-16(2)5-6-17-12-16/h9-10,15,17H,3-8,11-13H2,1-2H3. The highest BCUT2D eigenvalue weighted by atomic mass is 15.3. The number of aryl methyl sites for hydroxylation is 1. The molecule has 0 aromatic carbocycles. The Morgan fingerprint density at radius 2 is 2.20 bits per heavy atom. The molecule has 3 heterocycles. The molecular weight excluding hydrogens is 248 g/mol. The first-order chi connectivity index (χ1) is 9.63. The molecule has 1 N–H and O–H groups in total. The van der Waals surface area contributed by atoms with Gasteiger partial charge in [-0.2, -0.15) is 5.10 Å². The van der Waals surface area contributed by atoms with Gasteiger partial charge in [0.05, 0.1) is 6.20 Å². The van der Waals surface area contributed by atoms with E-state index >= 15 is 0 Å². The molecule has 2 aliphatic heterocycles. The lowest BCUT2D eigenvalue weighted by atomic mass is 9.87. The minimum atomic E-state index is 0.506. The van der Waals surface area contributed by atoms with E-state index in [-0.39, 0.29) is 0 Å². The van der Waals surface area contributed by atoms with Crippen LogP contribution in [0.25, 0.3) is 0 Å². The maximum absolute atomic E-state index is 4.42. The Kier molecular flexibility index (Phi) is 4.13. The number of likely N-dealkylation sites (tertiary alicyclic amines) is 1. The van der Waals surface area contributed by atoms with Gasteiger partial charge in [0.1, 0.15) is 0 Å². The molecule has 4 heteroatoms. The van der Waals surface area contributed by atoms with E-state index in [2.05, 4.69) is 40.0 Å². The number of hydrogen-bond donors (Lipinski definition) is 1. The van der Waals surface area contributed by atoms with Crippen LogP contribution in [0.2, 0.25) is 0 Å². The first-order valence-corrected chi connectivity index (χ1v) is 8.05. The minimum Gasteiger partial charge on any atom is -0.316 e. The van der Waals surface area contributed by atoms with Crippen molar-refractivity contribution in [2.45, 2.75) is 39.7 Å². The minimum absolute atomic E-state index is 0.506. The molecule has 3 rings (SSSR count). The van der Waals surface area contributed by atoms with Gasteiger partial charge in [-0.05, 0) is 62.7 Å². The summed E-state index contributed by atoms with van der Waals surface area (Å²) < 4.78 is 2.12.